The van der Waals surface area contributed by atoms with Gasteiger partial charge in [-0.05, 0) is 61.9 Å². The summed E-state index contributed by atoms with van der Waals surface area (Å²) in [4.78, 5) is 1.60. The Balaban J connectivity index is 1.57. The molecule has 0 amide bonds. The average molecular weight is 399 g/mol. The van der Waals surface area contributed by atoms with Gasteiger partial charge in [0.1, 0.15) is 13.1 Å². The molecule has 3 heteroatoms. The van der Waals surface area contributed by atoms with Crippen LogP contribution in [0.15, 0.2) is 66.9 Å². The Kier molecular flexibility index (Phi) is 6.67. The third-order valence-electron chi connectivity index (χ3n) is 6.67. The summed E-state index contributed by atoms with van der Waals surface area (Å²) in [6.45, 7) is 5.03. The molecule has 0 aliphatic heterocycles. The van der Waals surface area contributed by atoms with Gasteiger partial charge >= 0.3 is 0 Å². The highest BCUT2D eigenvalue weighted by Gasteiger charge is 2.26. The molecule has 0 spiro atoms. The van der Waals surface area contributed by atoms with E-state index < -0.39 is 0 Å². The van der Waals surface area contributed by atoms with Gasteiger partial charge in [0, 0.05) is 18.3 Å². The smallest absolute Gasteiger partial charge is 0.118 e. The van der Waals surface area contributed by atoms with Gasteiger partial charge in [0.25, 0.3) is 0 Å². The maximum Gasteiger partial charge on any atom is 0.118 e. The lowest BCUT2D eigenvalue weighted by atomic mass is 9.93. The predicted molar refractivity (Wildman–Crippen MR) is 121 cm³/mol. The fourth-order valence-electron chi connectivity index (χ4n) is 4.86. The number of aryl methyl sites for hydroxylation is 1. The molecule has 30 heavy (non-hydrogen) atoms. The predicted octanol–water partition coefficient (Wildman–Crippen LogP) is 4.63. The number of hydrogen-bond donors (Lipinski definition) is 1. The lowest BCUT2D eigenvalue weighted by Crippen LogP contribution is -3.13. The van der Waals surface area contributed by atoms with Crippen molar-refractivity contribution in [1.29, 1.82) is 5.26 Å². The van der Waals surface area contributed by atoms with Gasteiger partial charge in [0.2, 0.25) is 0 Å². The first-order valence-electron chi connectivity index (χ1n) is 11.3. The normalized spacial score (nSPS) is 15.6. The maximum absolute atomic E-state index is 9.57. The highest BCUT2D eigenvalue weighted by molar-refractivity contribution is 5.36. The summed E-state index contributed by atoms with van der Waals surface area (Å²) < 4.78 is 2.40. The largest absolute Gasteiger partial charge is 0.342 e. The molecule has 1 fully saturated rings. The zero-order valence-corrected chi connectivity index (χ0v) is 18.0. The number of benzene rings is 2. The molecule has 3 nitrogen and oxygen atoms in total. The molecule has 1 aliphatic rings. The Morgan fingerprint density at radius 2 is 1.63 bits per heavy atom. The van der Waals surface area contributed by atoms with E-state index in [4.69, 9.17) is 0 Å². The zero-order valence-electron chi connectivity index (χ0n) is 18.0. The lowest BCUT2D eigenvalue weighted by molar-refractivity contribution is -0.953. The van der Waals surface area contributed by atoms with E-state index in [0.29, 0.717) is 6.04 Å². The van der Waals surface area contributed by atoms with Gasteiger partial charge in [-0.2, -0.15) is 5.26 Å². The lowest BCUT2D eigenvalue weighted by Gasteiger charge is -2.32. The minimum Gasteiger partial charge on any atom is -0.342 e. The van der Waals surface area contributed by atoms with Crippen molar-refractivity contribution in [3.8, 4) is 6.07 Å². The fraction of sp³-hybridized carbons (Fsp3) is 0.370. The second kappa shape index (κ2) is 9.78. The van der Waals surface area contributed by atoms with Crippen molar-refractivity contribution in [2.24, 2.45) is 0 Å². The van der Waals surface area contributed by atoms with Gasteiger partial charge in [-0.25, -0.2) is 0 Å². The third-order valence-corrected chi connectivity index (χ3v) is 6.67. The van der Waals surface area contributed by atoms with Crippen molar-refractivity contribution >= 4 is 0 Å². The number of nitrogens with one attached hydrogen (secondary N) is 1. The van der Waals surface area contributed by atoms with Crippen LogP contribution < -0.4 is 4.90 Å². The van der Waals surface area contributed by atoms with Crippen LogP contribution in [-0.4, -0.2) is 10.6 Å². The molecule has 1 heterocycles. The van der Waals surface area contributed by atoms with Crippen LogP contribution in [0, 0.1) is 18.3 Å². The summed E-state index contributed by atoms with van der Waals surface area (Å²) >= 11 is 0. The first-order chi connectivity index (χ1) is 14.7. The number of nitriles is 1. The summed E-state index contributed by atoms with van der Waals surface area (Å²) in [5, 5.41) is 9.57. The standard InChI is InChI=1S/C27H31N3/c1-22-10-5-6-12-24(22)19-29-17-9-16-27(29)21-30(26-14-3-2-4-15-26)20-25-13-8-7-11-23(25)18-28/h5-13,16-17,26H,2-4,14-15,19-21H2,1H3/p+1. The summed E-state index contributed by atoms with van der Waals surface area (Å²) in [6, 6.07) is 24.3. The first-order valence-corrected chi connectivity index (χ1v) is 11.3. The Labute approximate surface area is 180 Å². The molecule has 0 saturated heterocycles. The van der Waals surface area contributed by atoms with Crippen LogP contribution in [0.4, 0.5) is 0 Å². The number of rotatable bonds is 7. The molecule has 154 valence electrons. The molecular formula is C27H32N3+. The van der Waals surface area contributed by atoms with E-state index in [9.17, 15) is 5.26 Å². The van der Waals surface area contributed by atoms with Crippen LogP contribution in [0.1, 0.15) is 60.1 Å². The van der Waals surface area contributed by atoms with E-state index in [2.05, 4.69) is 72.3 Å². The van der Waals surface area contributed by atoms with Crippen molar-refractivity contribution in [2.75, 3.05) is 0 Å². The molecule has 1 aromatic heterocycles. The molecule has 4 rings (SSSR count). The Morgan fingerprint density at radius 3 is 2.40 bits per heavy atom. The topological polar surface area (TPSA) is 33.2 Å². The summed E-state index contributed by atoms with van der Waals surface area (Å²) in [5.74, 6) is 0. The van der Waals surface area contributed by atoms with Gasteiger partial charge in [-0.15, -0.1) is 0 Å². The van der Waals surface area contributed by atoms with E-state index in [-0.39, 0.29) is 0 Å². The average Bonchev–Trinajstić information content (AvgIpc) is 3.22. The number of quaternary nitrogens is 1. The van der Waals surface area contributed by atoms with Crippen LogP contribution in [0.3, 0.4) is 0 Å². The molecule has 0 bridgehead atoms. The highest BCUT2D eigenvalue weighted by atomic mass is 15.2. The summed E-state index contributed by atoms with van der Waals surface area (Å²) in [5.41, 5.74) is 6.10. The fourth-order valence-corrected chi connectivity index (χ4v) is 4.86. The Hall–Kier alpha value is -2.83. The maximum atomic E-state index is 9.57. The van der Waals surface area contributed by atoms with Crippen molar-refractivity contribution < 1.29 is 4.90 Å². The van der Waals surface area contributed by atoms with Gasteiger partial charge < -0.3 is 9.47 Å². The van der Waals surface area contributed by atoms with Crippen molar-refractivity contribution in [1.82, 2.24) is 4.57 Å². The summed E-state index contributed by atoms with van der Waals surface area (Å²) in [6.07, 6.45) is 8.83. The van der Waals surface area contributed by atoms with Crippen molar-refractivity contribution in [3.63, 3.8) is 0 Å². The van der Waals surface area contributed by atoms with Crippen LogP contribution in [0.5, 0.6) is 0 Å². The van der Waals surface area contributed by atoms with Gasteiger partial charge in [0.15, 0.2) is 0 Å². The minimum atomic E-state index is 0.673. The minimum absolute atomic E-state index is 0.673. The Bertz CT molecular complexity index is 1000. The third kappa shape index (κ3) is 4.83. The van der Waals surface area contributed by atoms with E-state index >= 15 is 0 Å². The molecule has 1 saturated carbocycles. The number of hydrogen-bond acceptors (Lipinski definition) is 1. The van der Waals surface area contributed by atoms with Crippen LogP contribution in [0.25, 0.3) is 0 Å². The Morgan fingerprint density at radius 1 is 0.900 bits per heavy atom. The van der Waals surface area contributed by atoms with E-state index in [1.807, 2.05) is 12.1 Å². The molecule has 1 atom stereocenters. The van der Waals surface area contributed by atoms with Crippen LogP contribution in [0.2, 0.25) is 0 Å². The highest BCUT2D eigenvalue weighted by Crippen LogP contribution is 2.17. The van der Waals surface area contributed by atoms with E-state index in [1.165, 1.54) is 54.5 Å². The quantitative estimate of drug-likeness (QED) is 0.618. The first kappa shape index (κ1) is 20.4. The second-order valence-corrected chi connectivity index (χ2v) is 8.67. The van der Waals surface area contributed by atoms with Crippen LogP contribution in [-0.2, 0) is 19.6 Å². The monoisotopic (exact) mass is 398 g/mol. The molecule has 0 radical (unpaired) electrons. The number of nitrogens with zero attached hydrogens (tertiary/aromatic N) is 2. The van der Waals surface area contributed by atoms with Crippen molar-refractivity contribution in [3.05, 3.63) is 94.8 Å². The molecule has 2 aromatic carbocycles. The van der Waals surface area contributed by atoms with Gasteiger partial charge in [0.05, 0.1) is 23.4 Å². The van der Waals surface area contributed by atoms with Gasteiger partial charge in [-0.3, -0.25) is 0 Å². The second-order valence-electron chi connectivity index (χ2n) is 8.67. The SMILES string of the molecule is Cc1ccccc1Cn1cccc1C[NH+](Cc1ccccc1C#N)C1CCCCC1. The molecule has 1 N–H and O–H groups in total. The van der Waals surface area contributed by atoms with Crippen LogP contribution >= 0.6 is 0 Å². The van der Waals surface area contributed by atoms with E-state index in [1.54, 1.807) is 4.90 Å². The molecule has 3 aromatic rings. The van der Waals surface area contributed by atoms with E-state index in [0.717, 1.165) is 25.2 Å². The summed E-state index contributed by atoms with van der Waals surface area (Å²) in [7, 11) is 0. The molecular weight excluding hydrogens is 366 g/mol. The molecule has 1 aliphatic carbocycles. The van der Waals surface area contributed by atoms with Gasteiger partial charge in [-0.1, -0.05) is 48.9 Å². The molecule has 1 unspecified atom stereocenters. The number of aromatic nitrogens is 1. The van der Waals surface area contributed by atoms with Crippen molar-refractivity contribution in [2.45, 2.75) is 64.7 Å². The zero-order chi connectivity index (χ0) is 20.8.